The van der Waals surface area contributed by atoms with E-state index in [1.165, 1.54) is 16.7 Å². The number of aryl methyl sites for hydroxylation is 2. The Morgan fingerprint density at radius 1 is 1.10 bits per heavy atom. The molecule has 0 aliphatic rings. The summed E-state index contributed by atoms with van der Waals surface area (Å²) in [7, 11) is 1.89. The summed E-state index contributed by atoms with van der Waals surface area (Å²) in [5, 5.41) is 14.4. The molecule has 0 saturated carbocycles. The second-order valence-corrected chi connectivity index (χ2v) is 5.24. The Morgan fingerprint density at radius 3 is 2.29 bits per heavy atom. The highest BCUT2D eigenvalue weighted by Gasteiger charge is 2.20. The first kappa shape index (κ1) is 15.2. The fourth-order valence-electron chi connectivity index (χ4n) is 2.81. The van der Waals surface area contributed by atoms with E-state index >= 15 is 0 Å². The Bertz CT molecular complexity index is 633. The van der Waals surface area contributed by atoms with E-state index in [-0.39, 0.29) is 16.7 Å². The molecule has 1 N–H and O–H groups in total. The molecule has 0 aliphatic carbocycles. The number of para-hydroxylation sites is 1. The fourth-order valence-corrected chi connectivity index (χ4v) is 2.81. The summed E-state index contributed by atoms with van der Waals surface area (Å²) in [6, 6.07) is 13.2. The van der Waals surface area contributed by atoms with E-state index in [0.29, 0.717) is 6.42 Å². The number of likely N-dealkylation sites (N-methyl/N-ethyl adjacent to an activating group) is 1. The van der Waals surface area contributed by atoms with Crippen molar-refractivity contribution in [1.82, 2.24) is 5.32 Å². The summed E-state index contributed by atoms with van der Waals surface area (Å²) in [6.07, 6.45) is 0.597. The van der Waals surface area contributed by atoms with Crippen LogP contribution in [0.1, 0.15) is 28.3 Å². The van der Waals surface area contributed by atoms with Crippen LogP contribution in [0.3, 0.4) is 0 Å². The van der Waals surface area contributed by atoms with Gasteiger partial charge in [-0.3, -0.25) is 10.1 Å². The van der Waals surface area contributed by atoms with E-state index in [0.717, 1.165) is 5.56 Å². The largest absolute Gasteiger partial charge is 0.313 e. The zero-order valence-corrected chi connectivity index (χ0v) is 12.6. The molecule has 110 valence electrons. The van der Waals surface area contributed by atoms with Crippen LogP contribution in [-0.4, -0.2) is 12.0 Å². The number of nitro groups is 1. The molecule has 4 nitrogen and oxygen atoms in total. The van der Waals surface area contributed by atoms with Gasteiger partial charge in [0.2, 0.25) is 0 Å². The van der Waals surface area contributed by atoms with Crippen LogP contribution in [-0.2, 0) is 6.42 Å². The molecule has 2 aromatic rings. The van der Waals surface area contributed by atoms with Gasteiger partial charge in [-0.2, -0.15) is 0 Å². The number of nitrogens with one attached hydrogen (secondary N) is 1. The van der Waals surface area contributed by atoms with Crippen LogP contribution in [0.4, 0.5) is 5.69 Å². The lowest BCUT2D eigenvalue weighted by Gasteiger charge is -2.21. The van der Waals surface area contributed by atoms with Gasteiger partial charge in [-0.15, -0.1) is 0 Å². The number of benzene rings is 2. The second kappa shape index (κ2) is 6.50. The zero-order valence-electron chi connectivity index (χ0n) is 12.6. The molecular weight excluding hydrogens is 264 g/mol. The van der Waals surface area contributed by atoms with Gasteiger partial charge in [0.05, 0.1) is 4.92 Å². The smallest absolute Gasteiger partial charge is 0.272 e. The molecule has 0 bridgehead atoms. The first-order valence-corrected chi connectivity index (χ1v) is 7.00. The summed E-state index contributed by atoms with van der Waals surface area (Å²) in [5.74, 6) is 0. The Morgan fingerprint density at radius 2 is 1.71 bits per heavy atom. The molecule has 21 heavy (non-hydrogen) atoms. The predicted octanol–water partition coefficient (Wildman–Crippen LogP) is 3.71. The summed E-state index contributed by atoms with van der Waals surface area (Å²) >= 11 is 0. The SMILES string of the molecule is CNC(Cc1ccccc1[N+](=O)[O-])c1c(C)cccc1C. The van der Waals surface area contributed by atoms with Gasteiger partial charge in [0.1, 0.15) is 0 Å². The summed E-state index contributed by atoms with van der Waals surface area (Å²) in [6.45, 7) is 4.15. The van der Waals surface area contributed by atoms with Crippen molar-refractivity contribution in [3.63, 3.8) is 0 Å². The van der Waals surface area contributed by atoms with E-state index in [4.69, 9.17) is 0 Å². The quantitative estimate of drug-likeness (QED) is 0.672. The van der Waals surface area contributed by atoms with Crippen molar-refractivity contribution in [1.29, 1.82) is 0 Å². The number of hydrogen-bond donors (Lipinski definition) is 1. The molecule has 0 radical (unpaired) electrons. The molecule has 4 heteroatoms. The lowest BCUT2D eigenvalue weighted by atomic mass is 9.91. The van der Waals surface area contributed by atoms with Gasteiger partial charge in [-0.25, -0.2) is 0 Å². The minimum Gasteiger partial charge on any atom is -0.313 e. The van der Waals surface area contributed by atoms with Crippen LogP contribution in [0, 0.1) is 24.0 Å². The molecule has 0 aromatic heterocycles. The van der Waals surface area contributed by atoms with Crippen LogP contribution in [0.5, 0.6) is 0 Å². The van der Waals surface area contributed by atoms with Crippen molar-refractivity contribution >= 4 is 5.69 Å². The molecule has 0 saturated heterocycles. The maximum Gasteiger partial charge on any atom is 0.272 e. The van der Waals surface area contributed by atoms with Crippen LogP contribution in [0.15, 0.2) is 42.5 Å². The molecule has 2 rings (SSSR count). The minimum atomic E-state index is -0.313. The van der Waals surface area contributed by atoms with E-state index in [2.05, 4.69) is 31.3 Å². The van der Waals surface area contributed by atoms with Gasteiger partial charge in [0.25, 0.3) is 5.69 Å². The summed E-state index contributed by atoms with van der Waals surface area (Å²) < 4.78 is 0. The third-order valence-electron chi connectivity index (χ3n) is 3.85. The van der Waals surface area contributed by atoms with Crippen molar-refractivity contribution in [3.05, 3.63) is 74.8 Å². The van der Waals surface area contributed by atoms with E-state index in [1.54, 1.807) is 12.1 Å². The van der Waals surface area contributed by atoms with Gasteiger partial charge >= 0.3 is 0 Å². The highest BCUT2D eigenvalue weighted by Crippen LogP contribution is 2.28. The van der Waals surface area contributed by atoms with Gasteiger partial charge in [0, 0.05) is 17.7 Å². The Hall–Kier alpha value is -2.20. The maximum atomic E-state index is 11.1. The van der Waals surface area contributed by atoms with Crippen molar-refractivity contribution in [3.8, 4) is 0 Å². The Labute approximate surface area is 125 Å². The average Bonchev–Trinajstić information content (AvgIpc) is 2.46. The molecular formula is C17H20N2O2. The monoisotopic (exact) mass is 284 g/mol. The molecule has 0 fully saturated rings. The molecule has 0 aliphatic heterocycles. The van der Waals surface area contributed by atoms with Crippen LogP contribution in [0.2, 0.25) is 0 Å². The number of nitro benzene ring substituents is 1. The van der Waals surface area contributed by atoms with Crippen molar-refractivity contribution < 1.29 is 4.92 Å². The number of rotatable bonds is 5. The van der Waals surface area contributed by atoms with Gasteiger partial charge in [-0.1, -0.05) is 36.4 Å². The lowest BCUT2D eigenvalue weighted by Crippen LogP contribution is -2.21. The average molecular weight is 284 g/mol. The maximum absolute atomic E-state index is 11.1. The number of hydrogen-bond acceptors (Lipinski definition) is 3. The van der Waals surface area contributed by atoms with Crippen LogP contribution in [0.25, 0.3) is 0 Å². The van der Waals surface area contributed by atoms with Gasteiger partial charge in [-0.05, 0) is 44.0 Å². The van der Waals surface area contributed by atoms with Gasteiger partial charge in [0.15, 0.2) is 0 Å². The minimum absolute atomic E-state index is 0.0623. The standard InChI is InChI=1S/C17H20N2O2/c1-12-7-6-8-13(2)17(12)15(18-3)11-14-9-4-5-10-16(14)19(20)21/h4-10,15,18H,11H2,1-3H3. The Balaban J connectivity index is 2.39. The van der Waals surface area contributed by atoms with Crippen molar-refractivity contribution in [2.24, 2.45) is 0 Å². The highest BCUT2D eigenvalue weighted by atomic mass is 16.6. The zero-order chi connectivity index (χ0) is 15.4. The van der Waals surface area contributed by atoms with Crippen LogP contribution < -0.4 is 5.32 Å². The molecule has 0 spiro atoms. The first-order valence-electron chi connectivity index (χ1n) is 7.00. The molecule has 0 heterocycles. The first-order chi connectivity index (χ1) is 10.0. The molecule has 0 amide bonds. The molecule has 1 atom stereocenters. The van der Waals surface area contributed by atoms with Crippen LogP contribution >= 0.6 is 0 Å². The lowest BCUT2D eigenvalue weighted by molar-refractivity contribution is -0.385. The molecule has 1 unspecified atom stereocenters. The number of nitrogens with zero attached hydrogens (tertiary/aromatic N) is 1. The highest BCUT2D eigenvalue weighted by molar-refractivity contribution is 5.43. The predicted molar refractivity (Wildman–Crippen MR) is 84.5 cm³/mol. The third-order valence-corrected chi connectivity index (χ3v) is 3.85. The normalized spacial score (nSPS) is 12.1. The van der Waals surface area contributed by atoms with E-state index < -0.39 is 0 Å². The van der Waals surface area contributed by atoms with E-state index in [9.17, 15) is 10.1 Å². The summed E-state index contributed by atoms with van der Waals surface area (Å²) in [5.41, 5.74) is 4.56. The van der Waals surface area contributed by atoms with Crippen molar-refractivity contribution in [2.75, 3.05) is 7.05 Å². The van der Waals surface area contributed by atoms with E-state index in [1.807, 2.05) is 25.2 Å². The third kappa shape index (κ3) is 3.28. The molecule has 2 aromatic carbocycles. The van der Waals surface area contributed by atoms with Gasteiger partial charge < -0.3 is 5.32 Å². The Kier molecular flexibility index (Phi) is 4.70. The topological polar surface area (TPSA) is 55.2 Å². The second-order valence-electron chi connectivity index (χ2n) is 5.24. The van der Waals surface area contributed by atoms with Crippen molar-refractivity contribution in [2.45, 2.75) is 26.3 Å². The summed E-state index contributed by atoms with van der Waals surface area (Å²) in [4.78, 5) is 10.8. The fraction of sp³-hybridized carbons (Fsp3) is 0.294.